The molecule has 1 amide bonds. The fourth-order valence-electron chi connectivity index (χ4n) is 1.55. The van der Waals surface area contributed by atoms with Gasteiger partial charge in [-0.15, -0.1) is 0 Å². The van der Waals surface area contributed by atoms with Gasteiger partial charge in [0.2, 0.25) is 5.91 Å². The van der Waals surface area contributed by atoms with E-state index < -0.39 is 12.0 Å². The lowest BCUT2D eigenvalue weighted by Gasteiger charge is -2.16. The number of aliphatic carboxylic acids is 1. The molecule has 0 saturated heterocycles. The predicted molar refractivity (Wildman–Crippen MR) is 69.4 cm³/mol. The quantitative estimate of drug-likeness (QED) is 0.587. The van der Waals surface area contributed by atoms with Gasteiger partial charge >= 0.3 is 5.97 Å². The van der Waals surface area contributed by atoms with Crippen LogP contribution in [0.1, 0.15) is 46.5 Å². The first-order valence-electron chi connectivity index (χ1n) is 6.57. The van der Waals surface area contributed by atoms with Crippen LogP contribution in [0.25, 0.3) is 0 Å². The van der Waals surface area contributed by atoms with Crippen molar-refractivity contribution in [3.05, 3.63) is 0 Å². The van der Waals surface area contributed by atoms with E-state index in [-0.39, 0.29) is 18.4 Å². The van der Waals surface area contributed by atoms with E-state index in [0.717, 1.165) is 19.3 Å². The summed E-state index contributed by atoms with van der Waals surface area (Å²) in [4.78, 5) is 22.4. The molecule has 0 aromatic heterocycles. The summed E-state index contributed by atoms with van der Waals surface area (Å²) in [6.45, 7) is 6.41. The highest BCUT2D eigenvalue weighted by atomic mass is 16.5. The monoisotopic (exact) mass is 259 g/mol. The van der Waals surface area contributed by atoms with E-state index in [9.17, 15) is 9.59 Å². The summed E-state index contributed by atoms with van der Waals surface area (Å²) in [5.41, 5.74) is 0. The van der Waals surface area contributed by atoms with Crippen LogP contribution < -0.4 is 5.32 Å². The Hall–Kier alpha value is -1.10. The molecule has 0 aliphatic rings. The van der Waals surface area contributed by atoms with Crippen molar-refractivity contribution in [2.75, 3.05) is 13.2 Å². The predicted octanol–water partition coefficient (Wildman–Crippen LogP) is 1.81. The summed E-state index contributed by atoms with van der Waals surface area (Å²) < 4.78 is 5.18. The first-order chi connectivity index (χ1) is 8.47. The Morgan fingerprint density at radius 3 is 2.44 bits per heavy atom. The number of amides is 1. The first-order valence-corrected chi connectivity index (χ1v) is 6.57. The fourth-order valence-corrected chi connectivity index (χ4v) is 1.55. The lowest BCUT2D eigenvalue weighted by molar-refractivity contribution is -0.143. The number of hydrogen-bond donors (Lipinski definition) is 2. The SMILES string of the molecule is CCCCCOCC(=O)NC(CC(C)C)C(=O)O. The molecule has 0 spiro atoms. The van der Waals surface area contributed by atoms with E-state index in [1.807, 2.05) is 13.8 Å². The standard InChI is InChI=1S/C13H25NO4/c1-4-5-6-7-18-9-12(15)14-11(13(16)17)8-10(2)3/h10-11H,4-9H2,1-3H3,(H,14,15)(H,16,17). The second kappa shape index (κ2) is 9.88. The summed E-state index contributed by atoms with van der Waals surface area (Å²) in [7, 11) is 0. The Kier molecular flexibility index (Phi) is 9.28. The zero-order valence-electron chi connectivity index (χ0n) is 11.6. The van der Waals surface area contributed by atoms with Crippen LogP contribution in [0, 0.1) is 5.92 Å². The van der Waals surface area contributed by atoms with Crippen LogP contribution in [-0.2, 0) is 14.3 Å². The Labute approximate surface area is 109 Å². The van der Waals surface area contributed by atoms with E-state index in [4.69, 9.17) is 9.84 Å². The zero-order chi connectivity index (χ0) is 14.0. The molecular formula is C13H25NO4. The molecule has 0 aliphatic carbocycles. The summed E-state index contributed by atoms with van der Waals surface area (Å²) >= 11 is 0. The third-order valence-corrected chi connectivity index (χ3v) is 2.47. The number of carboxylic acid groups (broad SMARTS) is 1. The van der Waals surface area contributed by atoms with Crippen molar-refractivity contribution in [1.29, 1.82) is 0 Å². The van der Waals surface area contributed by atoms with Crippen molar-refractivity contribution in [2.24, 2.45) is 5.92 Å². The highest BCUT2D eigenvalue weighted by molar-refractivity contribution is 5.84. The van der Waals surface area contributed by atoms with Gasteiger partial charge in [-0.25, -0.2) is 4.79 Å². The molecule has 0 aromatic carbocycles. The number of carbonyl (C=O) groups is 2. The molecule has 0 radical (unpaired) electrons. The molecule has 106 valence electrons. The number of unbranched alkanes of at least 4 members (excludes halogenated alkanes) is 2. The van der Waals surface area contributed by atoms with Gasteiger partial charge in [0, 0.05) is 6.61 Å². The minimum atomic E-state index is -0.997. The number of carbonyl (C=O) groups excluding carboxylic acids is 1. The van der Waals surface area contributed by atoms with Crippen molar-refractivity contribution in [2.45, 2.75) is 52.5 Å². The van der Waals surface area contributed by atoms with Crippen molar-refractivity contribution in [3.8, 4) is 0 Å². The smallest absolute Gasteiger partial charge is 0.326 e. The Bertz CT molecular complexity index is 253. The van der Waals surface area contributed by atoms with Crippen LogP contribution in [0.3, 0.4) is 0 Å². The highest BCUT2D eigenvalue weighted by Crippen LogP contribution is 2.04. The minimum absolute atomic E-state index is 0.0639. The van der Waals surface area contributed by atoms with Crippen molar-refractivity contribution in [3.63, 3.8) is 0 Å². The van der Waals surface area contributed by atoms with E-state index in [0.29, 0.717) is 13.0 Å². The lowest BCUT2D eigenvalue weighted by Crippen LogP contribution is -2.43. The molecule has 0 rings (SSSR count). The molecule has 1 unspecified atom stereocenters. The third kappa shape index (κ3) is 8.98. The van der Waals surface area contributed by atoms with Crippen LogP contribution in [-0.4, -0.2) is 36.2 Å². The molecule has 0 fully saturated rings. The molecule has 0 aromatic rings. The number of hydrogen-bond acceptors (Lipinski definition) is 3. The van der Waals surface area contributed by atoms with Gasteiger partial charge in [-0.2, -0.15) is 0 Å². The molecule has 5 nitrogen and oxygen atoms in total. The molecule has 1 atom stereocenters. The fraction of sp³-hybridized carbons (Fsp3) is 0.846. The maximum atomic E-state index is 11.5. The van der Waals surface area contributed by atoms with Crippen LogP contribution in [0.5, 0.6) is 0 Å². The molecule has 0 bridgehead atoms. The molecule has 0 aliphatic heterocycles. The van der Waals surface area contributed by atoms with Gasteiger partial charge in [-0.05, 0) is 18.8 Å². The number of ether oxygens (including phenoxy) is 1. The van der Waals surface area contributed by atoms with Gasteiger partial charge in [0.1, 0.15) is 12.6 Å². The van der Waals surface area contributed by atoms with Gasteiger partial charge in [-0.3, -0.25) is 4.79 Å². The van der Waals surface area contributed by atoms with Crippen molar-refractivity contribution < 1.29 is 19.4 Å². The molecule has 0 heterocycles. The maximum absolute atomic E-state index is 11.5. The second-order valence-corrected chi connectivity index (χ2v) is 4.85. The van der Waals surface area contributed by atoms with Crippen LogP contribution in [0.4, 0.5) is 0 Å². The van der Waals surface area contributed by atoms with Gasteiger partial charge < -0.3 is 15.2 Å². The van der Waals surface area contributed by atoms with Gasteiger partial charge in [0.05, 0.1) is 0 Å². The Morgan fingerprint density at radius 2 is 1.94 bits per heavy atom. The van der Waals surface area contributed by atoms with Gasteiger partial charge in [-0.1, -0.05) is 33.6 Å². The average Bonchev–Trinajstić information content (AvgIpc) is 2.27. The number of nitrogens with one attached hydrogen (secondary N) is 1. The number of carboxylic acids is 1. The summed E-state index contributed by atoms with van der Waals surface area (Å²) in [5.74, 6) is -1.14. The first kappa shape index (κ1) is 16.9. The average molecular weight is 259 g/mol. The Balaban J connectivity index is 3.85. The largest absolute Gasteiger partial charge is 0.480 e. The summed E-state index contributed by atoms with van der Waals surface area (Å²) in [6, 6.07) is -0.822. The van der Waals surface area contributed by atoms with Gasteiger partial charge in [0.15, 0.2) is 0 Å². The van der Waals surface area contributed by atoms with Gasteiger partial charge in [0.25, 0.3) is 0 Å². The van der Waals surface area contributed by atoms with E-state index in [1.54, 1.807) is 0 Å². The third-order valence-electron chi connectivity index (χ3n) is 2.47. The summed E-state index contributed by atoms with van der Waals surface area (Å²) in [6.07, 6.45) is 3.53. The normalized spacial score (nSPS) is 12.4. The van der Waals surface area contributed by atoms with Crippen LogP contribution in [0.15, 0.2) is 0 Å². The molecule has 2 N–H and O–H groups in total. The number of rotatable bonds is 10. The van der Waals surface area contributed by atoms with E-state index in [2.05, 4.69) is 12.2 Å². The van der Waals surface area contributed by atoms with Crippen LogP contribution in [0.2, 0.25) is 0 Å². The minimum Gasteiger partial charge on any atom is -0.480 e. The second-order valence-electron chi connectivity index (χ2n) is 4.85. The summed E-state index contributed by atoms with van der Waals surface area (Å²) in [5, 5.41) is 11.4. The van der Waals surface area contributed by atoms with Crippen molar-refractivity contribution >= 4 is 11.9 Å². The molecule has 18 heavy (non-hydrogen) atoms. The maximum Gasteiger partial charge on any atom is 0.326 e. The van der Waals surface area contributed by atoms with E-state index in [1.165, 1.54) is 0 Å². The molecular weight excluding hydrogens is 234 g/mol. The Morgan fingerprint density at radius 1 is 1.28 bits per heavy atom. The zero-order valence-corrected chi connectivity index (χ0v) is 11.6. The molecule has 5 heteroatoms. The van der Waals surface area contributed by atoms with Crippen molar-refractivity contribution in [1.82, 2.24) is 5.32 Å². The van der Waals surface area contributed by atoms with E-state index >= 15 is 0 Å². The van der Waals surface area contributed by atoms with Crippen LogP contribution >= 0.6 is 0 Å². The highest BCUT2D eigenvalue weighted by Gasteiger charge is 2.20. The topological polar surface area (TPSA) is 75.6 Å². The molecule has 0 saturated carbocycles. The lowest BCUT2D eigenvalue weighted by atomic mass is 10.0.